The molecule has 0 fully saturated rings. The molecule has 1 nitrogen and oxygen atoms in total. The van der Waals surface area contributed by atoms with E-state index in [9.17, 15) is 5.11 Å². The molecular weight excluding hydrogens is 344 g/mol. The summed E-state index contributed by atoms with van der Waals surface area (Å²) in [7, 11) is 0. The van der Waals surface area contributed by atoms with Crippen molar-refractivity contribution in [3.63, 3.8) is 0 Å². The van der Waals surface area contributed by atoms with Gasteiger partial charge < -0.3 is 5.11 Å². The molecule has 2 aromatic rings. The van der Waals surface area contributed by atoms with E-state index in [1.165, 1.54) is 16.0 Å². The Morgan fingerprint density at radius 2 is 1.90 bits per heavy atom. The maximum atomic E-state index is 9.70. The molecule has 0 bridgehead atoms. The van der Waals surface area contributed by atoms with E-state index < -0.39 is 0 Å². The van der Waals surface area contributed by atoms with Gasteiger partial charge in [0.05, 0.1) is 0 Å². The summed E-state index contributed by atoms with van der Waals surface area (Å²) in [5.41, 5.74) is 2.77. The van der Waals surface area contributed by atoms with Crippen LogP contribution >= 0.6 is 27.7 Å². The summed E-state index contributed by atoms with van der Waals surface area (Å²) >= 11 is 5.44. The van der Waals surface area contributed by atoms with Crippen LogP contribution in [0.15, 0.2) is 57.9 Å². The van der Waals surface area contributed by atoms with Gasteiger partial charge in [-0.25, -0.2) is 0 Å². The summed E-state index contributed by atoms with van der Waals surface area (Å²) < 4.78 is 1.11. The summed E-state index contributed by atoms with van der Waals surface area (Å²) in [6, 6.07) is 17.1. The van der Waals surface area contributed by atoms with Gasteiger partial charge in [-0.1, -0.05) is 46.3 Å². The van der Waals surface area contributed by atoms with Crippen LogP contribution in [0.25, 0.3) is 0 Å². The maximum Gasteiger partial charge on any atom is 0.0462 e. The van der Waals surface area contributed by atoms with Crippen LogP contribution in [0.2, 0.25) is 0 Å². The van der Waals surface area contributed by atoms with Gasteiger partial charge in [0.2, 0.25) is 0 Å². The molecule has 0 spiro atoms. The average Bonchev–Trinajstić information content (AvgIpc) is 2.91. The Morgan fingerprint density at radius 1 is 1.14 bits per heavy atom. The van der Waals surface area contributed by atoms with E-state index in [0.29, 0.717) is 11.2 Å². The van der Waals surface area contributed by atoms with Crippen LogP contribution in [0.3, 0.4) is 0 Å². The first-order valence-corrected chi connectivity index (χ1v) is 9.01. The molecule has 0 amide bonds. The third kappa shape index (κ3) is 3.91. The first-order valence-electron chi connectivity index (χ1n) is 7.34. The molecule has 1 heterocycles. The van der Waals surface area contributed by atoms with Crippen molar-refractivity contribution >= 4 is 27.7 Å². The highest BCUT2D eigenvalue weighted by Gasteiger charge is 2.24. The van der Waals surface area contributed by atoms with Gasteiger partial charge in [0, 0.05) is 21.2 Å². The monoisotopic (exact) mass is 362 g/mol. The molecule has 2 unspecified atom stereocenters. The van der Waals surface area contributed by atoms with E-state index in [1.807, 2.05) is 11.8 Å². The summed E-state index contributed by atoms with van der Waals surface area (Å²) in [6.07, 6.45) is 3.17. The molecule has 1 aliphatic heterocycles. The van der Waals surface area contributed by atoms with Gasteiger partial charge >= 0.3 is 0 Å². The van der Waals surface area contributed by atoms with Crippen LogP contribution in [0.5, 0.6) is 0 Å². The van der Waals surface area contributed by atoms with Crippen LogP contribution < -0.4 is 0 Å². The zero-order chi connectivity index (χ0) is 14.7. The fourth-order valence-corrected chi connectivity index (χ4v) is 4.65. The minimum absolute atomic E-state index is 0.267. The van der Waals surface area contributed by atoms with Crippen LogP contribution in [0.4, 0.5) is 0 Å². The second-order valence-electron chi connectivity index (χ2n) is 5.67. The predicted molar refractivity (Wildman–Crippen MR) is 92.8 cm³/mol. The number of aliphatic hydroxyl groups excluding tert-OH is 1. The molecule has 3 rings (SSSR count). The Hall–Kier alpha value is -0.770. The van der Waals surface area contributed by atoms with Crippen molar-refractivity contribution in [3.8, 4) is 0 Å². The van der Waals surface area contributed by atoms with Crippen molar-refractivity contribution in [1.29, 1.82) is 0 Å². The van der Waals surface area contributed by atoms with E-state index in [1.54, 1.807) is 0 Å². The third-order valence-corrected chi connectivity index (χ3v) is 5.88. The number of aliphatic hydroxyl groups is 1. The van der Waals surface area contributed by atoms with E-state index in [4.69, 9.17) is 0 Å². The smallest absolute Gasteiger partial charge is 0.0462 e. The van der Waals surface area contributed by atoms with Crippen LogP contribution in [0.1, 0.15) is 17.5 Å². The second kappa shape index (κ2) is 6.99. The molecule has 3 heteroatoms. The number of benzene rings is 2. The van der Waals surface area contributed by atoms with Gasteiger partial charge in [-0.2, -0.15) is 0 Å². The second-order valence-corrected chi connectivity index (χ2v) is 7.92. The Kier molecular flexibility index (Phi) is 5.04. The lowest BCUT2D eigenvalue weighted by Crippen LogP contribution is -2.16. The van der Waals surface area contributed by atoms with Crippen molar-refractivity contribution < 1.29 is 5.11 Å². The number of fused-ring (bicyclic) bond motifs is 1. The summed E-state index contributed by atoms with van der Waals surface area (Å²) in [4.78, 5) is 1.42. The predicted octanol–water partition coefficient (Wildman–Crippen LogP) is 4.71. The SMILES string of the molecule is OCC(Cc1ccc(Br)cc1)CC1Cc2ccccc2S1. The molecule has 0 aliphatic carbocycles. The van der Waals surface area contributed by atoms with Crippen molar-refractivity contribution in [2.24, 2.45) is 5.92 Å². The molecular formula is C18H19BrOS. The summed E-state index contributed by atoms with van der Waals surface area (Å²) in [5.74, 6) is 0.345. The molecule has 0 aromatic heterocycles. The summed E-state index contributed by atoms with van der Waals surface area (Å²) in [6.45, 7) is 0.267. The zero-order valence-electron chi connectivity index (χ0n) is 11.8. The van der Waals surface area contributed by atoms with Gasteiger partial charge in [0.1, 0.15) is 0 Å². The molecule has 1 N–H and O–H groups in total. The minimum Gasteiger partial charge on any atom is -0.396 e. The van der Waals surface area contributed by atoms with Gasteiger partial charge in [-0.05, 0) is 54.5 Å². The van der Waals surface area contributed by atoms with E-state index in [-0.39, 0.29) is 6.61 Å². The lowest BCUT2D eigenvalue weighted by molar-refractivity contribution is 0.217. The highest BCUT2D eigenvalue weighted by Crippen LogP contribution is 2.39. The normalized spacial score (nSPS) is 18.5. The topological polar surface area (TPSA) is 20.2 Å². The molecule has 1 aliphatic rings. The van der Waals surface area contributed by atoms with Crippen LogP contribution in [0, 0.1) is 5.92 Å². The van der Waals surface area contributed by atoms with Crippen molar-refractivity contribution in [2.45, 2.75) is 29.4 Å². The Bertz CT molecular complexity index is 571. The molecule has 21 heavy (non-hydrogen) atoms. The van der Waals surface area contributed by atoms with Crippen LogP contribution in [-0.2, 0) is 12.8 Å². The number of rotatable bonds is 5. The Balaban J connectivity index is 1.60. The number of hydrogen-bond acceptors (Lipinski definition) is 2. The molecule has 2 atom stereocenters. The molecule has 110 valence electrons. The standard InChI is InChI=1S/C18H19BrOS/c19-16-7-5-13(6-8-16)9-14(12-20)10-17-11-15-3-1-2-4-18(15)21-17/h1-8,14,17,20H,9-12H2. The third-order valence-electron chi connectivity index (χ3n) is 4.01. The fourth-order valence-electron chi connectivity index (χ4n) is 2.93. The van der Waals surface area contributed by atoms with E-state index in [0.717, 1.165) is 23.7 Å². The lowest BCUT2D eigenvalue weighted by atomic mass is 9.93. The van der Waals surface area contributed by atoms with Gasteiger partial charge in [-0.15, -0.1) is 11.8 Å². The molecule has 0 saturated carbocycles. The lowest BCUT2D eigenvalue weighted by Gasteiger charge is -2.18. The van der Waals surface area contributed by atoms with Crippen molar-refractivity contribution in [3.05, 3.63) is 64.1 Å². The quantitative estimate of drug-likeness (QED) is 0.831. The van der Waals surface area contributed by atoms with E-state index in [2.05, 4.69) is 64.5 Å². The number of hydrogen-bond donors (Lipinski definition) is 1. The Labute approximate surface area is 138 Å². The van der Waals surface area contributed by atoms with Gasteiger partial charge in [0.25, 0.3) is 0 Å². The largest absolute Gasteiger partial charge is 0.396 e. The van der Waals surface area contributed by atoms with Crippen molar-refractivity contribution in [1.82, 2.24) is 0 Å². The fraction of sp³-hybridized carbons (Fsp3) is 0.333. The highest BCUT2D eigenvalue weighted by atomic mass is 79.9. The van der Waals surface area contributed by atoms with Gasteiger partial charge in [-0.3, -0.25) is 0 Å². The van der Waals surface area contributed by atoms with E-state index >= 15 is 0 Å². The average molecular weight is 363 g/mol. The number of halogens is 1. The first kappa shape index (κ1) is 15.1. The van der Waals surface area contributed by atoms with Crippen molar-refractivity contribution in [2.75, 3.05) is 6.61 Å². The molecule has 0 saturated heterocycles. The van der Waals surface area contributed by atoms with Gasteiger partial charge in [0.15, 0.2) is 0 Å². The first-order chi connectivity index (χ1) is 10.2. The number of thioether (sulfide) groups is 1. The maximum absolute atomic E-state index is 9.70. The summed E-state index contributed by atoms with van der Waals surface area (Å²) in [5, 5.41) is 10.3. The highest BCUT2D eigenvalue weighted by molar-refractivity contribution is 9.10. The zero-order valence-corrected chi connectivity index (χ0v) is 14.2. The molecule has 2 aromatic carbocycles. The van der Waals surface area contributed by atoms with Crippen LogP contribution in [-0.4, -0.2) is 17.0 Å². The minimum atomic E-state index is 0.267. The molecule has 0 radical (unpaired) electrons. The Morgan fingerprint density at radius 3 is 2.62 bits per heavy atom.